The Morgan fingerprint density at radius 3 is 2.17 bits per heavy atom. The highest BCUT2D eigenvalue weighted by molar-refractivity contribution is 5.87. The summed E-state index contributed by atoms with van der Waals surface area (Å²) in [5, 5.41) is 5.22. The molecule has 132 valence electrons. The lowest BCUT2D eigenvalue weighted by Crippen LogP contribution is -2.53. The van der Waals surface area contributed by atoms with Gasteiger partial charge in [0.25, 0.3) is 0 Å². The number of benzene rings is 1. The average Bonchev–Trinajstić information content (AvgIpc) is 2.55. The normalized spacial score (nSPS) is 13.2. The van der Waals surface area contributed by atoms with Gasteiger partial charge in [-0.15, -0.1) is 0 Å². The number of hydrogen-bond acceptors (Lipinski definition) is 4. The van der Waals surface area contributed by atoms with Crippen molar-refractivity contribution in [3.8, 4) is 0 Å². The molecular weight excluding hydrogens is 308 g/mol. The molecule has 1 rings (SSSR count). The van der Waals surface area contributed by atoms with E-state index in [1.54, 1.807) is 0 Å². The summed E-state index contributed by atoms with van der Waals surface area (Å²) in [4.78, 5) is 35.3. The standard InChI is InChI=1S/C18H26N2O4/c1-12(2)15(10-21)19-17(22)16(13(3)4)20-18(23)24-11-14-8-6-5-7-9-14/h5-10,12-13,15-16H,11H2,1-4H3,(H,19,22)(H,20,23)/t15-,16-/m1/s1. The first-order chi connectivity index (χ1) is 11.3. The third-order valence-corrected chi connectivity index (χ3v) is 3.61. The molecule has 2 N–H and O–H groups in total. The summed E-state index contributed by atoms with van der Waals surface area (Å²) in [7, 11) is 0. The van der Waals surface area contributed by atoms with E-state index < -0.39 is 24.1 Å². The highest BCUT2D eigenvalue weighted by Crippen LogP contribution is 2.06. The van der Waals surface area contributed by atoms with Crippen molar-refractivity contribution in [1.29, 1.82) is 0 Å². The monoisotopic (exact) mass is 334 g/mol. The Kier molecular flexibility index (Phi) is 7.95. The fourth-order valence-corrected chi connectivity index (χ4v) is 2.04. The number of ether oxygens (including phenoxy) is 1. The first-order valence-electron chi connectivity index (χ1n) is 8.08. The van der Waals surface area contributed by atoms with Crippen LogP contribution in [0.25, 0.3) is 0 Å². The van der Waals surface area contributed by atoms with Crippen LogP contribution in [0.1, 0.15) is 33.3 Å². The van der Waals surface area contributed by atoms with Crippen molar-refractivity contribution < 1.29 is 19.1 Å². The van der Waals surface area contributed by atoms with Gasteiger partial charge in [0.15, 0.2) is 0 Å². The fourth-order valence-electron chi connectivity index (χ4n) is 2.04. The van der Waals surface area contributed by atoms with Gasteiger partial charge < -0.3 is 20.2 Å². The maximum atomic E-state index is 12.3. The average molecular weight is 334 g/mol. The van der Waals surface area contributed by atoms with Gasteiger partial charge in [0.1, 0.15) is 18.9 Å². The van der Waals surface area contributed by atoms with Crippen LogP contribution in [-0.2, 0) is 20.9 Å². The van der Waals surface area contributed by atoms with E-state index in [4.69, 9.17) is 4.74 Å². The largest absolute Gasteiger partial charge is 0.445 e. The van der Waals surface area contributed by atoms with Crippen LogP contribution in [0, 0.1) is 11.8 Å². The number of rotatable bonds is 8. The van der Waals surface area contributed by atoms with Crippen molar-refractivity contribution in [2.24, 2.45) is 11.8 Å². The maximum Gasteiger partial charge on any atom is 0.408 e. The van der Waals surface area contributed by atoms with E-state index in [1.807, 2.05) is 58.0 Å². The molecule has 0 aliphatic carbocycles. The van der Waals surface area contributed by atoms with Gasteiger partial charge in [-0.05, 0) is 17.4 Å². The Morgan fingerprint density at radius 2 is 1.67 bits per heavy atom. The van der Waals surface area contributed by atoms with Gasteiger partial charge >= 0.3 is 6.09 Å². The number of nitrogens with one attached hydrogen (secondary N) is 2. The van der Waals surface area contributed by atoms with Crippen LogP contribution in [0.4, 0.5) is 4.79 Å². The minimum Gasteiger partial charge on any atom is -0.445 e. The van der Waals surface area contributed by atoms with Crippen LogP contribution in [0.5, 0.6) is 0 Å². The third-order valence-electron chi connectivity index (χ3n) is 3.61. The third kappa shape index (κ3) is 6.40. The molecule has 1 aromatic rings. The number of hydrogen-bond donors (Lipinski definition) is 2. The van der Waals surface area contributed by atoms with Crippen molar-refractivity contribution in [3.05, 3.63) is 35.9 Å². The van der Waals surface area contributed by atoms with Crippen molar-refractivity contribution in [2.75, 3.05) is 0 Å². The minimum atomic E-state index is -0.769. The van der Waals surface area contributed by atoms with Crippen LogP contribution < -0.4 is 10.6 Å². The van der Waals surface area contributed by atoms with Gasteiger partial charge in [0, 0.05) is 0 Å². The predicted octanol–water partition coefficient (Wildman–Crippen LogP) is 2.28. The molecule has 2 atom stereocenters. The highest BCUT2D eigenvalue weighted by atomic mass is 16.5. The molecule has 0 saturated heterocycles. The highest BCUT2D eigenvalue weighted by Gasteiger charge is 2.27. The van der Waals surface area contributed by atoms with Crippen LogP contribution >= 0.6 is 0 Å². The van der Waals surface area contributed by atoms with Crippen LogP contribution in [0.2, 0.25) is 0 Å². The predicted molar refractivity (Wildman–Crippen MR) is 91.2 cm³/mol. The van der Waals surface area contributed by atoms with Crippen molar-refractivity contribution in [3.63, 3.8) is 0 Å². The number of aldehydes is 1. The number of alkyl carbamates (subject to hydrolysis) is 1. The van der Waals surface area contributed by atoms with Gasteiger partial charge in [-0.2, -0.15) is 0 Å². The molecule has 0 saturated carbocycles. The summed E-state index contributed by atoms with van der Waals surface area (Å²) >= 11 is 0. The zero-order valence-corrected chi connectivity index (χ0v) is 14.6. The molecule has 0 fully saturated rings. The molecule has 0 aliphatic heterocycles. The zero-order valence-electron chi connectivity index (χ0n) is 14.6. The van der Waals surface area contributed by atoms with Crippen molar-refractivity contribution >= 4 is 18.3 Å². The van der Waals surface area contributed by atoms with E-state index in [9.17, 15) is 14.4 Å². The molecule has 24 heavy (non-hydrogen) atoms. The minimum absolute atomic E-state index is 0.0238. The number of amides is 2. The number of carbonyl (C=O) groups is 3. The SMILES string of the molecule is CC(C)[C@@H](C=O)NC(=O)[C@H](NC(=O)OCc1ccccc1)C(C)C. The summed E-state index contributed by atoms with van der Waals surface area (Å²) in [5.74, 6) is -0.564. The fraction of sp³-hybridized carbons (Fsp3) is 0.500. The molecule has 0 radical (unpaired) electrons. The van der Waals surface area contributed by atoms with Crippen LogP contribution in [-0.4, -0.2) is 30.4 Å². The van der Waals surface area contributed by atoms with Gasteiger partial charge in [-0.1, -0.05) is 58.0 Å². The van der Waals surface area contributed by atoms with Crippen LogP contribution in [0.15, 0.2) is 30.3 Å². The molecule has 0 aromatic heterocycles. The lowest BCUT2D eigenvalue weighted by Gasteiger charge is -2.24. The van der Waals surface area contributed by atoms with E-state index >= 15 is 0 Å². The van der Waals surface area contributed by atoms with E-state index in [0.29, 0.717) is 6.29 Å². The molecule has 2 amide bonds. The lowest BCUT2D eigenvalue weighted by atomic mass is 10.0. The molecule has 6 heteroatoms. The second-order valence-electron chi connectivity index (χ2n) is 6.34. The molecular formula is C18H26N2O4. The van der Waals surface area contributed by atoms with E-state index in [-0.39, 0.29) is 18.4 Å². The molecule has 6 nitrogen and oxygen atoms in total. The lowest BCUT2D eigenvalue weighted by molar-refractivity contribution is -0.127. The van der Waals surface area contributed by atoms with E-state index in [1.165, 1.54) is 0 Å². The molecule has 0 spiro atoms. The summed E-state index contributed by atoms with van der Waals surface area (Å²) in [5.41, 5.74) is 0.860. The van der Waals surface area contributed by atoms with E-state index in [2.05, 4.69) is 10.6 Å². The summed E-state index contributed by atoms with van der Waals surface area (Å²) < 4.78 is 5.14. The Bertz CT molecular complexity index is 543. The van der Waals surface area contributed by atoms with Gasteiger partial charge in [0.05, 0.1) is 6.04 Å². The molecule has 0 aliphatic rings. The summed E-state index contributed by atoms with van der Waals surface area (Å²) in [6, 6.07) is 7.92. The topological polar surface area (TPSA) is 84.5 Å². The summed E-state index contributed by atoms with van der Waals surface area (Å²) in [6.45, 7) is 7.43. The number of carbonyl (C=O) groups excluding carboxylic acids is 3. The Labute approximate surface area is 143 Å². The van der Waals surface area contributed by atoms with Crippen molar-refractivity contribution in [2.45, 2.75) is 46.4 Å². The van der Waals surface area contributed by atoms with Gasteiger partial charge in [0.2, 0.25) is 5.91 Å². The second-order valence-corrected chi connectivity index (χ2v) is 6.34. The van der Waals surface area contributed by atoms with Gasteiger partial charge in [-0.25, -0.2) is 4.79 Å². The summed E-state index contributed by atoms with van der Waals surface area (Å²) in [6.07, 6.45) is 0.0353. The Balaban J connectivity index is 2.59. The van der Waals surface area contributed by atoms with Gasteiger partial charge in [-0.3, -0.25) is 4.79 Å². The van der Waals surface area contributed by atoms with Crippen molar-refractivity contribution in [1.82, 2.24) is 10.6 Å². The smallest absolute Gasteiger partial charge is 0.408 e. The van der Waals surface area contributed by atoms with Crippen LogP contribution in [0.3, 0.4) is 0 Å². The first-order valence-corrected chi connectivity index (χ1v) is 8.08. The Hall–Kier alpha value is -2.37. The first kappa shape index (κ1) is 19.7. The zero-order chi connectivity index (χ0) is 18.1. The molecule has 0 bridgehead atoms. The quantitative estimate of drug-likeness (QED) is 0.714. The molecule has 0 unspecified atom stereocenters. The molecule has 1 aromatic carbocycles. The Morgan fingerprint density at radius 1 is 1.04 bits per heavy atom. The second kappa shape index (κ2) is 9.70. The maximum absolute atomic E-state index is 12.3. The van der Waals surface area contributed by atoms with E-state index in [0.717, 1.165) is 5.56 Å². The molecule has 0 heterocycles.